The van der Waals surface area contributed by atoms with E-state index in [0.29, 0.717) is 36.0 Å². The van der Waals surface area contributed by atoms with Crippen LogP contribution in [0.15, 0.2) is 58.8 Å². The Bertz CT molecular complexity index is 1180. The van der Waals surface area contributed by atoms with E-state index >= 15 is 0 Å². The summed E-state index contributed by atoms with van der Waals surface area (Å²) in [6.07, 6.45) is 1.00. The maximum absolute atomic E-state index is 13.5. The lowest BCUT2D eigenvalue weighted by molar-refractivity contribution is -0.120. The first-order valence-corrected chi connectivity index (χ1v) is 11.9. The van der Waals surface area contributed by atoms with Crippen molar-refractivity contribution in [3.8, 4) is 11.4 Å². The Morgan fingerprint density at radius 3 is 2.77 bits per heavy atom. The molecule has 0 aliphatic rings. The fraction of sp³-hybridized carbons (Fsp3) is 0.261. The molecule has 2 aromatic heterocycles. The third-order valence-electron chi connectivity index (χ3n) is 4.60. The van der Waals surface area contributed by atoms with Gasteiger partial charge in [0, 0.05) is 34.1 Å². The minimum Gasteiger partial charge on any atom is -0.355 e. The molecule has 0 spiro atoms. The summed E-state index contributed by atoms with van der Waals surface area (Å²) in [5.41, 5.74) is 2.61. The van der Waals surface area contributed by atoms with Crippen LogP contribution in [0.3, 0.4) is 0 Å². The van der Waals surface area contributed by atoms with E-state index in [9.17, 15) is 9.18 Å². The highest BCUT2D eigenvalue weighted by Gasteiger charge is 2.12. The van der Waals surface area contributed by atoms with E-state index < -0.39 is 0 Å². The van der Waals surface area contributed by atoms with E-state index in [1.807, 2.05) is 29.3 Å². The molecule has 8 heteroatoms. The van der Waals surface area contributed by atoms with Crippen LogP contribution in [0.25, 0.3) is 16.3 Å². The Balaban J connectivity index is 1.32. The first-order valence-electron chi connectivity index (χ1n) is 10.1. The van der Waals surface area contributed by atoms with Crippen molar-refractivity contribution in [2.45, 2.75) is 36.8 Å². The molecule has 5 nitrogen and oxygen atoms in total. The molecule has 2 aromatic carbocycles. The summed E-state index contributed by atoms with van der Waals surface area (Å²) in [7, 11) is 0. The van der Waals surface area contributed by atoms with E-state index in [-0.39, 0.29) is 11.7 Å². The summed E-state index contributed by atoms with van der Waals surface area (Å²) >= 11 is 3.29. The number of nitrogens with one attached hydrogen (secondary N) is 1. The number of thiazole rings is 1. The molecule has 0 aliphatic heterocycles. The molecule has 31 heavy (non-hydrogen) atoms. The zero-order valence-electron chi connectivity index (χ0n) is 17.3. The van der Waals surface area contributed by atoms with Crippen molar-refractivity contribution in [3.63, 3.8) is 0 Å². The van der Waals surface area contributed by atoms with Crippen molar-refractivity contribution in [1.82, 2.24) is 19.9 Å². The Morgan fingerprint density at radius 2 is 2.03 bits per heavy atom. The van der Waals surface area contributed by atoms with E-state index in [2.05, 4.69) is 41.4 Å². The standard InChI is InChI=1S/C23H23FN4OS2/c1-15(2)31-20-8-6-16(7-9-20)12-21(29)25-11-10-19-14-30-23-26-22(27-28(19)23)17-4-3-5-18(24)13-17/h3-9,13-15H,10-12H2,1-2H3,(H,25,29). The Morgan fingerprint density at radius 1 is 1.23 bits per heavy atom. The molecule has 0 unspecified atom stereocenters. The summed E-state index contributed by atoms with van der Waals surface area (Å²) in [5.74, 6) is 0.178. The smallest absolute Gasteiger partial charge is 0.224 e. The van der Waals surface area contributed by atoms with Gasteiger partial charge < -0.3 is 5.32 Å². The minimum absolute atomic E-state index is 0.00484. The third kappa shape index (κ3) is 5.51. The molecular formula is C23H23FN4OS2. The molecule has 1 amide bonds. The quantitative estimate of drug-likeness (QED) is 0.381. The second-order valence-corrected chi connectivity index (χ2v) is 9.94. The molecule has 1 N–H and O–H groups in total. The van der Waals surface area contributed by atoms with Crippen molar-refractivity contribution in [2.24, 2.45) is 0 Å². The second-order valence-electron chi connectivity index (χ2n) is 7.45. The van der Waals surface area contributed by atoms with Crippen LogP contribution in [0.4, 0.5) is 4.39 Å². The average Bonchev–Trinajstić information content (AvgIpc) is 3.31. The van der Waals surface area contributed by atoms with Gasteiger partial charge in [0.15, 0.2) is 5.82 Å². The second kappa shape index (κ2) is 9.62. The lowest BCUT2D eigenvalue weighted by Gasteiger charge is -2.07. The molecule has 0 bridgehead atoms. The molecule has 0 fully saturated rings. The molecule has 0 saturated carbocycles. The van der Waals surface area contributed by atoms with Gasteiger partial charge in [0.25, 0.3) is 0 Å². The highest BCUT2D eigenvalue weighted by Crippen LogP contribution is 2.23. The van der Waals surface area contributed by atoms with Crippen molar-refractivity contribution in [1.29, 1.82) is 0 Å². The van der Waals surface area contributed by atoms with Gasteiger partial charge in [-0.05, 0) is 29.8 Å². The van der Waals surface area contributed by atoms with Crippen molar-refractivity contribution in [3.05, 3.63) is 71.0 Å². The third-order valence-corrected chi connectivity index (χ3v) is 6.48. The zero-order valence-corrected chi connectivity index (χ0v) is 19.0. The molecule has 0 atom stereocenters. The van der Waals surface area contributed by atoms with Crippen LogP contribution in [0.2, 0.25) is 0 Å². The van der Waals surface area contributed by atoms with Gasteiger partial charge in [0.05, 0.1) is 12.1 Å². The van der Waals surface area contributed by atoms with E-state index in [1.54, 1.807) is 16.6 Å². The first kappa shape index (κ1) is 21.5. The van der Waals surface area contributed by atoms with Crippen LogP contribution in [-0.2, 0) is 17.6 Å². The number of benzene rings is 2. The van der Waals surface area contributed by atoms with Gasteiger partial charge in [-0.25, -0.2) is 8.91 Å². The number of hydrogen-bond donors (Lipinski definition) is 1. The Hall–Kier alpha value is -2.71. The molecule has 4 aromatic rings. The van der Waals surface area contributed by atoms with Crippen molar-refractivity contribution < 1.29 is 9.18 Å². The highest BCUT2D eigenvalue weighted by molar-refractivity contribution is 7.99. The highest BCUT2D eigenvalue weighted by atomic mass is 32.2. The van der Waals surface area contributed by atoms with Crippen molar-refractivity contribution in [2.75, 3.05) is 6.54 Å². The fourth-order valence-electron chi connectivity index (χ4n) is 3.18. The van der Waals surface area contributed by atoms with Gasteiger partial charge in [0.1, 0.15) is 5.82 Å². The van der Waals surface area contributed by atoms with Crippen LogP contribution in [-0.4, -0.2) is 32.3 Å². The number of nitrogens with zero attached hydrogens (tertiary/aromatic N) is 3. The summed E-state index contributed by atoms with van der Waals surface area (Å²) in [5, 5.41) is 10.0. The van der Waals surface area contributed by atoms with Gasteiger partial charge >= 0.3 is 0 Å². The van der Waals surface area contributed by atoms with E-state index in [0.717, 1.165) is 16.2 Å². The number of carbonyl (C=O) groups is 1. The molecule has 0 aliphatic carbocycles. The predicted octanol–water partition coefficient (Wildman–Crippen LogP) is 5.00. The van der Waals surface area contributed by atoms with Crippen LogP contribution >= 0.6 is 23.1 Å². The zero-order chi connectivity index (χ0) is 21.8. The summed E-state index contributed by atoms with van der Waals surface area (Å²) in [4.78, 5) is 18.8. The lowest BCUT2D eigenvalue weighted by Crippen LogP contribution is -2.27. The number of fused-ring (bicyclic) bond motifs is 1. The number of carbonyl (C=O) groups excluding carboxylic acids is 1. The molecule has 160 valence electrons. The van der Waals surface area contributed by atoms with Crippen LogP contribution in [0.5, 0.6) is 0 Å². The number of hydrogen-bond acceptors (Lipinski definition) is 5. The maximum atomic E-state index is 13.5. The first-order chi connectivity index (χ1) is 15.0. The normalized spacial score (nSPS) is 11.4. The largest absolute Gasteiger partial charge is 0.355 e. The Labute approximate surface area is 188 Å². The topological polar surface area (TPSA) is 59.3 Å². The Kier molecular flexibility index (Phi) is 6.67. The number of aromatic nitrogens is 3. The van der Waals surface area contributed by atoms with E-state index in [4.69, 9.17) is 0 Å². The predicted molar refractivity (Wildman–Crippen MR) is 124 cm³/mol. The van der Waals surface area contributed by atoms with Gasteiger partial charge in [-0.15, -0.1) is 28.2 Å². The molecule has 4 rings (SSSR count). The lowest BCUT2D eigenvalue weighted by atomic mass is 10.1. The van der Waals surface area contributed by atoms with Crippen LogP contribution in [0, 0.1) is 5.82 Å². The number of thioether (sulfide) groups is 1. The number of amides is 1. The van der Waals surface area contributed by atoms with E-state index in [1.165, 1.54) is 28.4 Å². The maximum Gasteiger partial charge on any atom is 0.224 e. The monoisotopic (exact) mass is 454 g/mol. The summed E-state index contributed by atoms with van der Waals surface area (Å²) < 4.78 is 15.2. The van der Waals surface area contributed by atoms with Gasteiger partial charge in [-0.2, -0.15) is 4.98 Å². The van der Waals surface area contributed by atoms with Gasteiger partial charge in [-0.1, -0.05) is 38.1 Å². The van der Waals surface area contributed by atoms with Crippen LogP contribution < -0.4 is 5.32 Å². The molecule has 0 saturated heterocycles. The molecule has 0 radical (unpaired) electrons. The summed E-state index contributed by atoms with van der Waals surface area (Å²) in [6.45, 7) is 4.84. The summed E-state index contributed by atoms with van der Waals surface area (Å²) in [6, 6.07) is 14.4. The number of rotatable bonds is 8. The fourth-order valence-corrected chi connectivity index (χ4v) is 4.88. The number of halogens is 1. The minimum atomic E-state index is -0.313. The SMILES string of the molecule is CC(C)Sc1ccc(CC(=O)NCCc2csc3nc(-c4cccc(F)c4)nn23)cc1. The van der Waals surface area contributed by atoms with Gasteiger partial charge in [-0.3, -0.25) is 4.79 Å². The molecular weight excluding hydrogens is 431 g/mol. The van der Waals surface area contributed by atoms with Crippen molar-refractivity contribution >= 4 is 34.0 Å². The average molecular weight is 455 g/mol. The van der Waals surface area contributed by atoms with Crippen LogP contribution in [0.1, 0.15) is 25.1 Å². The van der Waals surface area contributed by atoms with Gasteiger partial charge in [0.2, 0.25) is 10.9 Å². The molecule has 2 heterocycles.